The maximum absolute atomic E-state index is 2.41. The Morgan fingerprint density at radius 1 is 0.727 bits per heavy atom. The molecular formula is C21H37Si. The molecule has 125 valence electrons. The van der Waals surface area contributed by atoms with Crippen molar-refractivity contribution in [1.82, 2.24) is 0 Å². The van der Waals surface area contributed by atoms with Crippen LogP contribution in [-0.2, 0) is 0 Å². The van der Waals surface area contributed by atoms with Gasteiger partial charge in [-0.15, -0.1) is 0 Å². The van der Waals surface area contributed by atoms with Crippen molar-refractivity contribution in [3.05, 3.63) is 30.3 Å². The molecule has 0 bridgehead atoms. The van der Waals surface area contributed by atoms with Gasteiger partial charge in [-0.2, -0.15) is 0 Å². The van der Waals surface area contributed by atoms with Crippen LogP contribution in [0.1, 0.15) is 85.0 Å². The monoisotopic (exact) mass is 317 g/mol. The van der Waals surface area contributed by atoms with Crippen molar-refractivity contribution >= 4 is 14.0 Å². The summed E-state index contributed by atoms with van der Waals surface area (Å²) in [6.45, 7) is 7.12. The van der Waals surface area contributed by atoms with E-state index in [1.807, 2.05) is 0 Å². The minimum Gasteiger partial charge on any atom is -0.0654 e. The fourth-order valence-corrected chi connectivity index (χ4v) is 6.01. The molecule has 1 radical (unpaired) electrons. The molecule has 0 amide bonds. The van der Waals surface area contributed by atoms with Crippen molar-refractivity contribution in [3.8, 4) is 0 Å². The lowest BCUT2D eigenvalue weighted by Gasteiger charge is -2.19. The van der Waals surface area contributed by atoms with Crippen LogP contribution < -0.4 is 5.19 Å². The van der Waals surface area contributed by atoms with Gasteiger partial charge < -0.3 is 0 Å². The van der Waals surface area contributed by atoms with Crippen molar-refractivity contribution in [2.24, 2.45) is 0 Å². The van der Waals surface area contributed by atoms with Crippen LogP contribution in [0.15, 0.2) is 30.3 Å². The predicted molar refractivity (Wildman–Crippen MR) is 104 cm³/mol. The molecule has 0 aromatic heterocycles. The van der Waals surface area contributed by atoms with Gasteiger partial charge in [-0.25, -0.2) is 0 Å². The molecule has 0 spiro atoms. The highest BCUT2D eigenvalue weighted by molar-refractivity contribution is 6.74. The summed E-state index contributed by atoms with van der Waals surface area (Å²) in [6, 6.07) is 12.7. The Bertz CT molecular complexity index is 344. The molecule has 0 fully saturated rings. The number of hydrogen-bond donors (Lipinski definition) is 0. The zero-order chi connectivity index (χ0) is 16.0. The van der Waals surface area contributed by atoms with Gasteiger partial charge >= 0.3 is 0 Å². The van der Waals surface area contributed by atoms with E-state index in [1.54, 1.807) is 5.19 Å². The van der Waals surface area contributed by atoms with E-state index >= 15 is 0 Å². The third-order valence-electron chi connectivity index (χ3n) is 4.64. The molecule has 0 unspecified atom stereocenters. The van der Waals surface area contributed by atoms with Gasteiger partial charge in [-0.1, -0.05) is 127 Å². The maximum Gasteiger partial charge on any atom is 0.0883 e. The largest absolute Gasteiger partial charge is 0.0883 e. The Labute approximate surface area is 141 Å². The van der Waals surface area contributed by atoms with Crippen molar-refractivity contribution in [2.75, 3.05) is 0 Å². The van der Waals surface area contributed by atoms with Gasteiger partial charge in [-0.05, 0) is 5.54 Å². The molecule has 0 aliphatic heterocycles. The number of rotatable bonds is 13. The zero-order valence-electron chi connectivity index (χ0n) is 15.2. The molecule has 1 heteroatoms. The van der Waals surface area contributed by atoms with Crippen LogP contribution in [-0.4, -0.2) is 8.80 Å². The maximum atomic E-state index is 2.41. The lowest BCUT2D eigenvalue weighted by Crippen LogP contribution is -2.32. The molecule has 0 saturated heterocycles. The van der Waals surface area contributed by atoms with E-state index in [2.05, 4.69) is 51.1 Å². The first-order valence-electron chi connectivity index (χ1n) is 9.66. The molecule has 0 saturated carbocycles. The van der Waals surface area contributed by atoms with Gasteiger partial charge in [-0.3, -0.25) is 0 Å². The summed E-state index contributed by atoms with van der Waals surface area (Å²) in [5.74, 6) is 0. The lowest BCUT2D eigenvalue weighted by molar-refractivity contribution is 0.561. The van der Waals surface area contributed by atoms with E-state index in [-0.39, 0.29) is 8.80 Å². The first-order valence-corrected chi connectivity index (χ1v) is 11.4. The first-order chi connectivity index (χ1) is 10.8. The molecule has 0 aliphatic carbocycles. The Balaban J connectivity index is 2.07. The van der Waals surface area contributed by atoms with Gasteiger partial charge in [0.05, 0.1) is 8.80 Å². The van der Waals surface area contributed by atoms with Gasteiger partial charge in [0, 0.05) is 0 Å². The van der Waals surface area contributed by atoms with E-state index in [4.69, 9.17) is 0 Å². The van der Waals surface area contributed by atoms with E-state index in [0.717, 1.165) is 5.54 Å². The van der Waals surface area contributed by atoms with Crippen LogP contribution in [0.2, 0.25) is 11.6 Å². The van der Waals surface area contributed by atoms with E-state index in [9.17, 15) is 0 Å². The molecule has 1 rings (SSSR count). The molecule has 0 atom stereocenters. The topological polar surface area (TPSA) is 0 Å². The number of unbranched alkanes of at least 4 members (excludes halogenated alkanes) is 9. The third kappa shape index (κ3) is 8.78. The molecule has 0 nitrogen and oxygen atoms in total. The minimum atomic E-state index is -0.346. The summed E-state index contributed by atoms with van der Waals surface area (Å²) < 4.78 is 0. The summed E-state index contributed by atoms with van der Waals surface area (Å²) in [7, 11) is -0.346. The zero-order valence-corrected chi connectivity index (χ0v) is 16.2. The molecular weight excluding hydrogens is 280 g/mol. The van der Waals surface area contributed by atoms with Gasteiger partial charge in [0.1, 0.15) is 0 Å². The van der Waals surface area contributed by atoms with Crippen LogP contribution in [0, 0.1) is 0 Å². The predicted octanol–water partition coefficient (Wildman–Crippen LogP) is 6.72. The van der Waals surface area contributed by atoms with Crippen LogP contribution in [0.4, 0.5) is 0 Å². The second-order valence-corrected chi connectivity index (χ2v) is 10.3. The second kappa shape index (κ2) is 12.9. The lowest BCUT2D eigenvalue weighted by atomic mass is 10.1. The van der Waals surface area contributed by atoms with E-state index in [0.29, 0.717) is 0 Å². The fraction of sp³-hybridized carbons (Fsp3) is 0.714. The highest BCUT2D eigenvalue weighted by atomic mass is 28.3. The third-order valence-corrected chi connectivity index (χ3v) is 8.00. The molecule has 1 aromatic rings. The molecule has 0 aliphatic rings. The van der Waals surface area contributed by atoms with Crippen LogP contribution in [0.3, 0.4) is 0 Å². The minimum absolute atomic E-state index is 0.346. The van der Waals surface area contributed by atoms with Crippen LogP contribution in [0.25, 0.3) is 0 Å². The van der Waals surface area contributed by atoms with Gasteiger partial charge in [0.15, 0.2) is 0 Å². The van der Waals surface area contributed by atoms with E-state index in [1.165, 1.54) is 70.3 Å². The molecule has 0 heterocycles. The molecule has 0 N–H and O–H groups in total. The standard InChI is InChI=1S/C21H37Si/c1-4-5-6-7-8-9-10-11-12-16-19-22(20(2)3)21-17-14-13-15-18-21/h13-15,17-18,20H,4-12,16,19H2,1-3H3. The van der Waals surface area contributed by atoms with Crippen molar-refractivity contribution < 1.29 is 0 Å². The Morgan fingerprint density at radius 2 is 1.23 bits per heavy atom. The summed E-state index contributed by atoms with van der Waals surface area (Å²) in [5.41, 5.74) is 0.853. The highest BCUT2D eigenvalue weighted by Gasteiger charge is 2.17. The van der Waals surface area contributed by atoms with Crippen molar-refractivity contribution in [2.45, 2.75) is 96.6 Å². The average Bonchev–Trinajstić information content (AvgIpc) is 2.53. The summed E-state index contributed by atoms with van der Waals surface area (Å²) in [4.78, 5) is 0. The summed E-state index contributed by atoms with van der Waals surface area (Å²) >= 11 is 0. The Kier molecular flexibility index (Phi) is 11.5. The van der Waals surface area contributed by atoms with Crippen LogP contribution in [0.5, 0.6) is 0 Å². The number of hydrogen-bond acceptors (Lipinski definition) is 0. The smallest absolute Gasteiger partial charge is 0.0654 e. The highest BCUT2D eigenvalue weighted by Crippen LogP contribution is 2.17. The van der Waals surface area contributed by atoms with Crippen LogP contribution >= 0.6 is 0 Å². The molecule has 22 heavy (non-hydrogen) atoms. The first kappa shape index (κ1) is 19.5. The summed E-state index contributed by atoms with van der Waals surface area (Å²) in [6.07, 6.45) is 14.4. The summed E-state index contributed by atoms with van der Waals surface area (Å²) in [5, 5.41) is 1.64. The number of benzene rings is 1. The Morgan fingerprint density at radius 3 is 1.73 bits per heavy atom. The van der Waals surface area contributed by atoms with E-state index < -0.39 is 0 Å². The average molecular weight is 318 g/mol. The fourth-order valence-electron chi connectivity index (χ4n) is 3.22. The van der Waals surface area contributed by atoms with Crippen molar-refractivity contribution in [1.29, 1.82) is 0 Å². The quantitative estimate of drug-likeness (QED) is 0.280. The SMILES string of the molecule is CCCCCCCCCCCC[Si](c1ccccc1)C(C)C. The van der Waals surface area contributed by atoms with Gasteiger partial charge in [0.25, 0.3) is 0 Å². The van der Waals surface area contributed by atoms with Gasteiger partial charge in [0.2, 0.25) is 0 Å². The second-order valence-electron chi connectivity index (χ2n) is 6.98. The van der Waals surface area contributed by atoms with Crippen molar-refractivity contribution in [3.63, 3.8) is 0 Å². The molecule has 1 aromatic carbocycles. The normalized spacial score (nSPS) is 11.5. The Hall–Kier alpha value is -0.563.